The van der Waals surface area contributed by atoms with Crippen molar-refractivity contribution in [3.05, 3.63) is 41.6 Å². The summed E-state index contributed by atoms with van der Waals surface area (Å²) < 4.78 is 17.5. The Balaban J connectivity index is 1.34. The number of fused-ring (bicyclic) bond motifs is 3. The molecule has 3 aromatic heterocycles. The molecule has 5 heterocycles. The molecule has 2 aliphatic rings. The van der Waals surface area contributed by atoms with Crippen molar-refractivity contribution in [3.8, 4) is 17.3 Å². The first-order valence-corrected chi connectivity index (χ1v) is 9.66. The third-order valence-electron chi connectivity index (χ3n) is 5.41. The highest BCUT2D eigenvalue weighted by atomic mass is 35.5. The lowest BCUT2D eigenvalue weighted by Gasteiger charge is -2.15. The molecule has 28 heavy (non-hydrogen) atoms. The van der Waals surface area contributed by atoms with E-state index in [-0.39, 0.29) is 18.3 Å². The number of imidazole rings is 1. The van der Waals surface area contributed by atoms with Gasteiger partial charge in [0.1, 0.15) is 6.10 Å². The van der Waals surface area contributed by atoms with Crippen LogP contribution in [0.15, 0.2) is 36.5 Å². The van der Waals surface area contributed by atoms with Crippen LogP contribution in [0.1, 0.15) is 6.42 Å². The zero-order valence-electron chi connectivity index (χ0n) is 14.8. The Bertz CT molecular complexity index is 1190. The Morgan fingerprint density at radius 1 is 1.11 bits per heavy atom. The van der Waals surface area contributed by atoms with Crippen molar-refractivity contribution in [2.24, 2.45) is 0 Å². The van der Waals surface area contributed by atoms with Gasteiger partial charge in [-0.15, -0.1) is 0 Å². The van der Waals surface area contributed by atoms with E-state index in [1.807, 2.05) is 30.5 Å². The van der Waals surface area contributed by atoms with Crippen molar-refractivity contribution in [3.63, 3.8) is 0 Å². The average molecular weight is 397 g/mol. The van der Waals surface area contributed by atoms with Crippen LogP contribution >= 0.6 is 11.6 Å². The van der Waals surface area contributed by atoms with Gasteiger partial charge in [-0.2, -0.15) is 4.98 Å². The van der Waals surface area contributed by atoms with Gasteiger partial charge < -0.3 is 24.2 Å². The van der Waals surface area contributed by atoms with E-state index in [0.717, 1.165) is 28.4 Å². The topological polar surface area (TPSA) is 85.1 Å². The van der Waals surface area contributed by atoms with Gasteiger partial charge in [-0.1, -0.05) is 17.7 Å². The summed E-state index contributed by atoms with van der Waals surface area (Å²) in [5, 5.41) is 1.66. The SMILES string of the molecule is Clc1cc2[nH]c(OC3CO[C@@H]4CCO[C@H]34)nc2nc1-c1ccc2[nH]ccc2c1. The lowest BCUT2D eigenvalue weighted by Crippen LogP contribution is -2.32. The number of hydrogen-bond acceptors (Lipinski definition) is 5. The van der Waals surface area contributed by atoms with Crippen LogP contribution in [0.2, 0.25) is 5.02 Å². The first-order chi connectivity index (χ1) is 13.7. The maximum absolute atomic E-state index is 6.52. The second kappa shape index (κ2) is 6.20. The standard InChI is InChI=1S/C20H17ClN4O3/c21-12-8-14-19(24-17(12)11-1-2-13-10(7-11)3-5-22-13)25-20(23-14)28-16-9-27-15-4-6-26-18(15)16/h1-3,5,7-8,15-16,18,22H,4,6,9H2,(H,23,24,25)/t15-,16?,18+/m1/s1. The molecule has 142 valence electrons. The van der Waals surface area contributed by atoms with Gasteiger partial charge in [0.15, 0.2) is 11.8 Å². The summed E-state index contributed by atoms with van der Waals surface area (Å²) in [6.07, 6.45) is 2.75. The molecule has 4 aromatic rings. The number of benzene rings is 1. The zero-order chi connectivity index (χ0) is 18.7. The third-order valence-corrected chi connectivity index (χ3v) is 5.70. The number of pyridine rings is 1. The van der Waals surface area contributed by atoms with Crippen LogP contribution in [-0.4, -0.2) is 51.5 Å². The van der Waals surface area contributed by atoms with Gasteiger partial charge in [0.25, 0.3) is 6.01 Å². The molecule has 7 nitrogen and oxygen atoms in total. The molecule has 0 bridgehead atoms. The molecule has 2 aliphatic heterocycles. The quantitative estimate of drug-likeness (QED) is 0.551. The van der Waals surface area contributed by atoms with Gasteiger partial charge in [-0.05, 0) is 30.7 Å². The molecule has 0 radical (unpaired) electrons. The lowest BCUT2D eigenvalue weighted by atomic mass is 10.1. The predicted octanol–water partition coefficient (Wildman–Crippen LogP) is 3.69. The van der Waals surface area contributed by atoms with Crippen LogP contribution in [0.3, 0.4) is 0 Å². The van der Waals surface area contributed by atoms with Crippen LogP contribution < -0.4 is 4.74 Å². The molecule has 0 spiro atoms. The molecule has 8 heteroatoms. The van der Waals surface area contributed by atoms with E-state index < -0.39 is 0 Å². The molecule has 3 atom stereocenters. The Labute approximate surface area is 165 Å². The van der Waals surface area contributed by atoms with E-state index in [1.165, 1.54) is 0 Å². The molecule has 2 saturated heterocycles. The molecule has 2 fully saturated rings. The smallest absolute Gasteiger partial charge is 0.296 e. The molecular weight excluding hydrogens is 380 g/mol. The van der Waals surface area contributed by atoms with Crippen LogP contribution in [0.25, 0.3) is 33.3 Å². The van der Waals surface area contributed by atoms with Crippen LogP contribution in [0.5, 0.6) is 6.01 Å². The Morgan fingerprint density at radius 2 is 2.07 bits per heavy atom. The maximum atomic E-state index is 6.52. The molecule has 0 aliphatic carbocycles. The minimum Gasteiger partial charge on any atom is -0.456 e. The molecule has 0 amide bonds. The summed E-state index contributed by atoms with van der Waals surface area (Å²) in [5.74, 6) is 0. The number of ether oxygens (including phenoxy) is 3. The molecule has 2 N–H and O–H groups in total. The number of rotatable bonds is 3. The van der Waals surface area contributed by atoms with Crippen LogP contribution in [0.4, 0.5) is 0 Å². The number of nitrogens with one attached hydrogen (secondary N) is 2. The van der Waals surface area contributed by atoms with Gasteiger partial charge in [0.05, 0.1) is 28.9 Å². The van der Waals surface area contributed by atoms with Gasteiger partial charge in [-0.3, -0.25) is 0 Å². The van der Waals surface area contributed by atoms with Crippen molar-refractivity contribution in [1.82, 2.24) is 19.9 Å². The summed E-state index contributed by atoms with van der Waals surface area (Å²) >= 11 is 6.52. The van der Waals surface area contributed by atoms with Crippen molar-refractivity contribution >= 4 is 33.7 Å². The second-order valence-electron chi connectivity index (χ2n) is 7.16. The number of aromatic nitrogens is 4. The van der Waals surface area contributed by atoms with E-state index in [4.69, 9.17) is 25.8 Å². The highest BCUT2D eigenvalue weighted by Crippen LogP contribution is 2.32. The number of halogens is 1. The Morgan fingerprint density at radius 3 is 3.04 bits per heavy atom. The van der Waals surface area contributed by atoms with E-state index in [2.05, 4.69) is 26.0 Å². The van der Waals surface area contributed by atoms with Crippen molar-refractivity contribution in [1.29, 1.82) is 0 Å². The molecule has 1 unspecified atom stereocenters. The first-order valence-electron chi connectivity index (χ1n) is 9.28. The number of H-pyrrole nitrogens is 2. The van der Waals surface area contributed by atoms with E-state index in [0.29, 0.717) is 35.6 Å². The predicted molar refractivity (Wildman–Crippen MR) is 105 cm³/mol. The zero-order valence-corrected chi connectivity index (χ0v) is 15.6. The summed E-state index contributed by atoms with van der Waals surface area (Å²) in [6.45, 7) is 1.21. The van der Waals surface area contributed by atoms with Crippen molar-refractivity contribution in [2.75, 3.05) is 13.2 Å². The highest BCUT2D eigenvalue weighted by Gasteiger charge is 2.43. The van der Waals surface area contributed by atoms with Crippen LogP contribution in [-0.2, 0) is 9.47 Å². The van der Waals surface area contributed by atoms with Crippen molar-refractivity contribution in [2.45, 2.75) is 24.7 Å². The minimum atomic E-state index is -0.168. The molecule has 6 rings (SSSR count). The Hall–Kier alpha value is -2.61. The number of hydrogen-bond donors (Lipinski definition) is 2. The van der Waals surface area contributed by atoms with Crippen molar-refractivity contribution < 1.29 is 14.2 Å². The fraction of sp³-hybridized carbons (Fsp3) is 0.300. The third kappa shape index (κ3) is 2.58. The summed E-state index contributed by atoms with van der Waals surface area (Å²) in [4.78, 5) is 15.5. The van der Waals surface area contributed by atoms with Gasteiger partial charge in [0, 0.05) is 29.3 Å². The number of aromatic amines is 2. The number of nitrogens with zero attached hydrogens (tertiary/aromatic N) is 2. The monoisotopic (exact) mass is 396 g/mol. The summed E-state index contributed by atoms with van der Waals surface area (Å²) in [5.41, 5.74) is 4.00. The molecular formula is C20H17ClN4O3. The summed E-state index contributed by atoms with van der Waals surface area (Å²) in [6, 6.07) is 10.3. The molecule has 1 aromatic carbocycles. The lowest BCUT2D eigenvalue weighted by molar-refractivity contribution is 0.0273. The average Bonchev–Trinajstić information content (AvgIpc) is 3.45. The molecule has 0 saturated carbocycles. The minimum absolute atomic E-state index is 0.0339. The fourth-order valence-electron chi connectivity index (χ4n) is 4.03. The van der Waals surface area contributed by atoms with E-state index >= 15 is 0 Å². The summed E-state index contributed by atoms with van der Waals surface area (Å²) in [7, 11) is 0. The second-order valence-corrected chi connectivity index (χ2v) is 7.57. The van der Waals surface area contributed by atoms with E-state index in [9.17, 15) is 0 Å². The van der Waals surface area contributed by atoms with Gasteiger partial charge in [-0.25, -0.2) is 4.98 Å². The Kier molecular flexibility index (Phi) is 3.62. The first kappa shape index (κ1) is 16.4. The van der Waals surface area contributed by atoms with Gasteiger partial charge in [0.2, 0.25) is 0 Å². The van der Waals surface area contributed by atoms with Gasteiger partial charge >= 0.3 is 0 Å². The van der Waals surface area contributed by atoms with Crippen LogP contribution in [0, 0.1) is 0 Å². The maximum Gasteiger partial charge on any atom is 0.296 e. The largest absolute Gasteiger partial charge is 0.456 e. The fourth-order valence-corrected chi connectivity index (χ4v) is 4.29. The highest BCUT2D eigenvalue weighted by molar-refractivity contribution is 6.33. The normalized spacial score (nSPS) is 24.2. The van der Waals surface area contributed by atoms with E-state index in [1.54, 1.807) is 0 Å².